The monoisotopic (exact) mass is 406 g/mol. The van der Waals surface area contributed by atoms with Crippen LogP contribution in [0, 0.1) is 5.92 Å². The third-order valence-corrected chi connectivity index (χ3v) is 7.01. The van der Waals surface area contributed by atoms with Crippen molar-refractivity contribution < 1.29 is 9.53 Å². The Morgan fingerprint density at radius 2 is 1.70 bits per heavy atom. The standard InChI is InChI=1S/C26H34N2O2/c1-3-26(4-2)18-23(22-12-8-9-13-24(22)30-26)27-25(29)21-14-16-28(17-15-21)19-20-10-6-5-7-11-20/h5-13,21,23H,3-4,14-19H2,1-2H3,(H,27,29)/t23-/m0/s1. The first kappa shape index (κ1) is 20.9. The van der Waals surface area contributed by atoms with Gasteiger partial charge >= 0.3 is 0 Å². The highest BCUT2D eigenvalue weighted by Gasteiger charge is 2.39. The van der Waals surface area contributed by atoms with Gasteiger partial charge in [0.1, 0.15) is 11.4 Å². The number of rotatable bonds is 6. The van der Waals surface area contributed by atoms with Gasteiger partial charge in [-0.2, -0.15) is 0 Å². The average molecular weight is 407 g/mol. The van der Waals surface area contributed by atoms with Crippen LogP contribution in [0.15, 0.2) is 54.6 Å². The highest BCUT2D eigenvalue weighted by atomic mass is 16.5. The van der Waals surface area contributed by atoms with Gasteiger partial charge in [0.25, 0.3) is 0 Å². The third kappa shape index (κ3) is 4.54. The maximum absolute atomic E-state index is 13.2. The Kier molecular flexibility index (Phi) is 6.43. The van der Waals surface area contributed by atoms with Gasteiger partial charge in [-0.25, -0.2) is 0 Å². The van der Waals surface area contributed by atoms with E-state index < -0.39 is 0 Å². The topological polar surface area (TPSA) is 41.6 Å². The number of likely N-dealkylation sites (tertiary alicyclic amines) is 1. The van der Waals surface area contributed by atoms with Crippen molar-refractivity contribution in [3.63, 3.8) is 0 Å². The molecular weight excluding hydrogens is 372 g/mol. The number of ether oxygens (including phenoxy) is 1. The predicted octanol–water partition coefficient (Wildman–Crippen LogP) is 5.10. The second-order valence-corrected chi connectivity index (χ2v) is 8.83. The van der Waals surface area contributed by atoms with Crippen molar-refractivity contribution in [2.24, 2.45) is 5.92 Å². The number of hydrogen-bond acceptors (Lipinski definition) is 3. The van der Waals surface area contributed by atoms with Gasteiger partial charge in [-0.3, -0.25) is 9.69 Å². The lowest BCUT2D eigenvalue weighted by Gasteiger charge is -2.42. The van der Waals surface area contributed by atoms with Crippen LogP contribution in [-0.2, 0) is 11.3 Å². The highest BCUT2D eigenvalue weighted by Crippen LogP contribution is 2.42. The summed E-state index contributed by atoms with van der Waals surface area (Å²) in [5, 5.41) is 3.40. The normalized spacial score (nSPS) is 21.5. The molecule has 4 nitrogen and oxygen atoms in total. The van der Waals surface area contributed by atoms with Gasteiger partial charge in [0.05, 0.1) is 6.04 Å². The fourth-order valence-corrected chi connectivity index (χ4v) is 4.91. The molecular formula is C26H34N2O2. The zero-order valence-electron chi connectivity index (χ0n) is 18.3. The largest absolute Gasteiger partial charge is 0.487 e. The van der Waals surface area contributed by atoms with Crippen molar-refractivity contribution in [3.05, 3.63) is 65.7 Å². The van der Waals surface area contributed by atoms with Crippen molar-refractivity contribution in [2.75, 3.05) is 13.1 Å². The van der Waals surface area contributed by atoms with Crippen LogP contribution < -0.4 is 10.1 Å². The van der Waals surface area contributed by atoms with Gasteiger partial charge in [0.15, 0.2) is 0 Å². The molecule has 1 N–H and O–H groups in total. The van der Waals surface area contributed by atoms with Crippen LogP contribution in [0.2, 0.25) is 0 Å². The summed E-state index contributed by atoms with van der Waals surface area (Å²) in [5.41, 5.74) is 2.27. The van der Waals surface area contributed by atoms with E-state index in [0.717, 1.165) is 63.1 Å². The van der Waals surface area contributed by atoms with Crippen LogP contribution in [-0.4, -0.2) is 29.5 Å². The van der Waals surface area contributed by atoms with E-state index in [0.29, 0.717) is 0 Å². The fraction of sp³-hybridized carbons (Fsp3) is 0.500. The number of fused-ring (bicyclic) bond motifs is 1. The fourth-order valence-electron chi connectivity index (χ4n) is 4.91. The predicted molar refractivity (Wildman–Crippen MR) is 120 cm³/mol. The number of carbonyl (C=O) groups is 1. The molecule has 1 fully saturated rings. The van der Waals surface area contributed by atoms with Crippen molar-refractivity contribution in [3.8, 4) is 5.75 Å². The minimum absolute atomic E-state index is 0.0321. The number of hydrogen-bond donors (Lipinski definition) is 1. The molecule has 2 heterocycles. The van der Waals surface area contributed by atoms with Crippen molar-refractivity contribution in [2.45, 2.75) is 64.1 Å². The second-order valence-electron chi connectivity index (χ2n) is 8.83. The van der Waals surface area contributed by atoms with Crippen LogP contribution in [0.3, 0.4) is 0 Å². The number of para-hydroxylation sites is 1. The average Bonchev–Trinajstić information content (AvgIpc) is 2.80. The van der Waals surface area contributed by atoms with Gasteiger partial charge in [-0.15, -0.1) is 0 Å². The molecule has 2 aliphatic heterocycles. The van der Waals surface area contributed by atoms with Crippen molar-refractivity contribution >= 4 is 5.91 Å². The summed E-state index contributed by atoms with van der Waals surface area (Å²) in [6.07, 6.45) is 4.59. The van der Waals surface area contributed by atoms with Crippen LogP contribution >= 0.6 is 0 Å². The minimum atomic E-state index is -0.189. The van der Waals surface area contributed by atoms with E-state index in [4.69, 9.17) is 4.74 Å². The third-order valence-electron chi connectivity index (χ3n) is 7.01. The molecule has 2 aromatic carbocycles. The minimum Gasteiger partial charge on any atom is -0.487 e. The molecule has 0 unspecified atom stereocenters. The Labute approximate surface area is 180 Å². The first-order chi connectivity index (χ1) is 14.6. The maximum Gasteiger partial charge on any atom is 0.223 e. The van der Waals surface area contributed by atoms with Crippen LogP contribution in [0.25, 0.3) is 0 Å². The molecule has 4 heteroatoms. The van der Waals surface area contributed by atoms with E-state index in [2.05, 4.69) is 60.5 Å². The molecule has 0 spiro atoms. The zero-order chi connectivity index (χ0) is 21.0. The summed E-state index contributed by atoms with van der Waals surface area (Å²) in [7, 11) is 0. The van der Waals surface area contributed by atoms with Crippen LogP contribution in [0.5, 0.6) is 5.75 Å². The molecule has 1 saturated heterocycles. The molecule has 0 radical (unpaired) electrons. The van der Waals surface area contributed by atoms with E-state index >= 15 is 0 Å². The van der Waals surface area contributed by atoms with E-state index in [1.54, 1.807) is 0 Å². The smallest absolute Gasteiger partial charge is 0.223 e. The number of piperidine rings is 1. The van der Waals surface area contributed by atoms with Gasteiger partial charge in [-0.1, -0.05) is 62.4 Å². The van der Waals surface area contributed by atoms with Gasteiger partial charge in [-0.05, 0) is 50.4 Å². The molecule has 1 atom stereocenters. The Morgan fingerprint density at radius 1 is 1.03 bits per heavy atom. The second kappa shape index (κ2) is 9.22. The van der Waals surface area contributed by atoms with Gasteiger partial charge in [0, 0.05) is 24.4 Å². The molecule has 1 amide bonds. The number of nitrogens with one attached hydrogen (secondary N) is 1. The lowest BCUT2D eigenvalue weighted by atomic mass is 9.83. The first-order valence-corrected chi connectivity index (χ1v) is 11.5. The number of amides is 1. The summed E-state index contributed by atoms with van der Waals surface area (Å²) >= 11 is 0. The molecule has 0 bridgehead atoms. The Hall–Kier alpha value is -2.33. The molecule has 30 heavy (non-hydrogen) atoms. The molecule has 0 aromatic heterocycles. The van der Waals surface area contributed by atoms with E-state index in [9.17, 15) is 4.79 Å². The van der Waals surface area contributed by atoms with E-state index in [1.807, 2.05) is 18.2 Å². The Bertz CT molecular complexity index is 839. The summed E-state index contributed by atoms with van der Waals surface area (Å²) in [4.78, 5) is 15.6. The number of nitrogens with zero attached hydrogens (tertiary/aromatic N) is 1. The van der Waals surface area contributed by atoms with E-state index in [-0.39, 0.29) is 23.5 Å². The SMILES string of the molecule is CCC1(CC)C[C@H](NC(=O)C2CCN(Cc3ccccc3)CC2)c2ccccc2O1. The maximum atomic E-state index is 13.2. The summed E-state index contributed by atoms with van der Waals surface area (Å²) in [5.74, 6) is 1.23. The molecule has 2 aliphatic rings. The Balaban J connectivity index is 1.38. The molecule has 160 valence electrons. The van der Waals surface area contributed by atoms with Crippen LogP contribution in [0.1, 0.15) is 63.1 Å². The zero-order valence-corrected chi connectivity index (χ0v) is 18.3. The summed E-state index contributed by atoms with van der Waals surface area (Å²) < 4.78 is 6.39. The van der Waals surface area contributed by atoms with Crippen LogP contribution in [0.4, 0.5) is 0 Å². The summed E-state index contributed by atoms with van der Waals surface area (Å²) in [6.45, 7) is 7.28. The lowest BCUT2D eigenvalue weighted by Crippen LogP contribution is -2.47. The van der Waals surface area contributed by atoms with Gasteiger partial charge < -0.3 is 10.1 Å². The van der Waals surface area contributed by atoms with E-state index in [1.165, 1.54) is 5.56 Å². The van der Waals surface area contributed by atoms with Crippen molar-refractivity contribution in [1.29, 1.82) is 0 Å². The quantitative estimate of drug-likeness (QED) is 0.726. The molecule has 0 aliphatic carbocycles. The molecule has 2 aromatic rings. The molecule has 0 saturated carbocycles. The number of carbonyl (C=O) groups excluding carboxylic acids is 1. The number of benzene rings is 2. The molecule has 4 rings (SSSR count). The van der Waals surface area contributed by atoms with Gasteiger partial charge in [0.2, 0.25) is 5.91 Å². The summed E-state index contributed by atoms with van der Waals surface area (Å²) in [6, 6.07) is 18.8. The Morgan fingerprint density at radius 3 is 2.40 bits per heavy atom. The lowest BCUT2D eigenvalue weighted by molar-refractivity contribution is -0.128. The van der Waals surface area contributed by atoms with Crippen molar-refractivity contribution in [1.82, 2.24) is 10.2 Å². The first-order valence-electron chi connectivity index (χ1n) is 11.5. The highest BCUT2D eigenvalue weighted by molar-refractivity contribution is 5.79.